The van der Waals surface area contributed by atoms with Gasteiger partial charge in [-0.05, 0) is 42.3 Å². The monoisotopic (exact) mass is 356 g/mol. The van der Waals surface area contributed by atoms with Crippen molar-refractivity contribution in [2.75, 3.05) is 7.05 Å². The lowest BCUT2D eigenvalue weighted by atomic mass is 10.1. The Labute approximate surface area is 149 Å². The summed E-state index contributed by atoms with van der Waals surface area (Å²) in [6.07, 6.45) is 2.70. The third-order valence-corrected chi connectivity index (χ3v) is 4.20. The Bertz CT molecular complexity index is 980. The first-order chi connectivity index (χ1) is 12.0. The van der Waals surface area contributed by atoms with Gasteiger partial charge in [-0.1, -0.05) is 24.6 Å². The molecule has 25 heavy (non-hydrogen) atoms. The van der Waals surface area contributed by atoms with Gasteiger partial charge in [0.2, 0.25) is 0 Å². The fourth-order valence-corrected chi connectivity index (χ4v) is 2.70. The second-order valence-corrected chi connectivity index (χ2v) is 6.24. The molecular formula is C19H17ClN2O3. The molecule has 2 heterocycles. The minimum atomic E-state index is -0.666. The Morgan fingerprint density at radius 2 is 2.04 bits per heavy atom. The van der Waals surface area contributed by atoms with Crippen molar-refractivity contribution >= 4 is 28.5 Å². The van der Waals surface area contributed by atoms with Crippen LogP contribution in [0.4, 0.5) is 0 Å². The van der Waals surface area contributed by atoms with E-state index < -0.39 is 11.5 Å². The van der Waals surface area contributed by atoms with Gasteiger partial charge in [-0.3, -0.25) is 9.78 Å². The summed E-state index contributed by atoms with van der Waals surface area (Å²) in [6, 6.07) is 10.3. The first-order valence-electron chi connectivity index (χ1n) is 7.90. The maximum atomic E-state index is 12.6. The molecule has 128 valence electrons. The van der Waals surface area contributed by atoms with Crippen molar-refractivity contribution in [1.82, 2.24) is 9.88 Å². The van der Waals surface area contributed by atoms with Gasteiger partial charge in [0, 0.05) is 23.7 Å². The molecule has 1 amide bonds. The van der Waals surface area contributed by atoms with Crippen molar-refractivity contribution in [1.29, 1.82) is 0 Å². The molecule has 0 unspecified atom stereocenters. The van der Waals surface area contributed by atoms with E-state index in [4.69, 9.17) is 16.0 Å². The number of rotatable bonds is 4. The highest BCUT2D eigenvalue weighted by atomic mass is 35.5. The van der Waals surface area contributed by atoms with Gasteiger partial charge in [0.15, 0.2) is 0 Å². The highest BCUT2D eigenvalue weighted by molar-refractivity contribution is 6.31. The molecule has 0 aliphatic rings. The number of nitrogens with zero attached hydrogens (tertiary/aromatic N) is 2. The molecule has 0 radical (unpaired) electrons. The summed E-state index contributed by atoms with van der Waals surface area (Å²) in [4.78, 5) is 30.5. The van der Waals surface area contributed by atoms with E-state index >= 15 is 0 Å². The van der Waals surface area contributed by atoms with Gasteiger partial charge in [0.1, 0.15) is 11.1 Å². The summed E-state index contributed by atoms with van der Waals surface area (Å²) in [6.45, 7) is 2.35. The SMILES string of the molecule is CCc1ccc(CN(C)C(=O)c2cc3cc(Cl)ccc3oc2=O)nc1. The molecule has 3 rings (SSSR count). The largest absolute Gasteiger partial charge is 0.422 e. The maximum Gasteiger partial charge on any atom is 0.349 e. The molecule has 0 aliphatic heterocycles. The quantitative estimate of drug-likeness (QED) is 0.669. The lowest BCUT2D eigenvalue weighted by Gasteiger charge is -2.16. The molecule has 6 heteroatoms. The van der Waals surface area contributed by atoms with Crippen molar-refractivity contribution < 1.29 is 9.21 Å². The normalized spacial score (nSPS) is 10.8. The number of benzene rings is 1. The van der Waals surface area contributed by atoms with Crippen molar-refractivity contribution in [2.45, 2.75) is 19.9 Å². The highest BCUT2D eigenvalue weighted by Gasteiger charge is 2.18. The molecule has 0 bridgehead atoms. The summed E-state index contributed by atoms with van der Waals surface area (Å²) >= 11 is 5.96. The third-order valence-electron chi connectivity index (χ3n) is 3.96. The van der Waals surface area contributed by atoms with Crippen LogP contribution in [0.5, 0.6) is 0 Å². The lowest BCUT2D eigenvalue weighted by molar-refractivity contribution is 0.0779. The molecule has 3 aromatic rings. The van der Waals surface area contributed by atoms with E-state index in [1.807, 2.05) is 12.1 Å². The Kier molecular flexibility index (Phi) is 4.86. The van der Waals surface area contributed by atoms with Gasteiger partial charge in [-0.25, -0.2) is 4.79 Å². The number of aryl methyl sites for hydroxylation is 1. The van der Waals surface area contributed by atoms with E-state index in [1.54, 1.807) is 31.4 Å². The van der Waals surface area contributed by atoms with Crippen molar-refractivity contribution in [3.63, 3.8) is 0 Å². The number of fused-ring (bicyclic) bond motifs is 1. The summed E-state index contributed by atoms with van der Waals surface area (Å²) in [5.41, 5.74) is 1.58. The lowest BCUT2D eigenvalue weighted by Crippen LogP contribution is -2.30. The number of pyridine rings is 1. The molecule has 1 aromatic carbocycles. The molecule has 2 aromatic heterocycles. The van der Waals surface area contributed by atoms with Crippen LogP contribution in [-0.2, 0) is 13.0 Å². The number of hydrogen-bond donors (Lipinski definition) is 0. The molecule has 0 spiro atoms. The van der Waals surface area contributed by atoms with Crippen LogP contribution in [0.3, 0.4) is 0 Å². The Hall–Kier alpha value is -2.66. The van der Waals surface area contributed by atoms with Crippen LogP contribution in [0.15, 0.2) is 51.8 Å². The van der Waals surface area contributed by atoms with Crippen LogP contribution in [0.2, 0.25) is 5.02 Å². The molecule has 0 aliphatic carbocycles. The second-order valence-electron chi connectivity index (χ2n) is 5.80. The third kappa shape index (κ3) is 3.72. The number of hydrogen-bond acceptors (Lipinski definition) is 4. The van der Waals surface area contributed by atoms with Crippen molar-refractivity contribution in [2.24, 2.45) is 0 Å². The summed E-state index contributed by atoms with van der Waals surface area (Å²) in [5, 5.41) is 1.11. The first-order valence-corrected chi connectivity index (χ1v) is 8.28. The molecule has 0 saturated carbocycles. The highest BCUT2D eigenvalue weighted by Crippen LogP contribution is 2.19. The zero-order valence-electron chi connectivity index (χ0n) is 14.0. The van der Waals surface area contributed by atoms with Crippen LogP contribution in [-0.4, -0.2) is 22.8 Å². The fourth-order valence-electron chi connectivity index (χ4n) is 2.52. The molecule has 0 N–H and O–H groups in total. The smallest absolute Gasteiger partial charge is 0.349 e. The standard InChI is InChI=1S/C19H17ClN2O3/c1-3-12-4-6-15(21-10-12)11-22(2)18(23)16-9-13-8-14(20)5-7-17(13)25-19(16)24/h4-10H,3,11H2,1-2H3. The van der Waals surface area contributed by atoms with Crippen LogP contribution in [0.1, 0.15) is 28.5 Å². The second kappa shape index (κ2) is 7.07. The summed E-state index contributed by atoms with van der Waals surface area (Å²) < 4.78 is 5.22. The van der Waals surface area contributed by atoms with E-state index in [2.05, 4.69) is 11.9 Å². The predicted octanol–water partition coefficient (Wildman–Crippen LogP) is 3.68. The number of amides is 1. The Morgan fingerprint density at radius 3 is 2.72 bits per heavy atom. The first kappa shape index (κ1) is 17.2. The van der Waals surface area contributed by atoms with E-state index in [-0.39, 0.29) is 5.56 Å². The topological polar surface area (TPSA) is 63.4 Å². The zero-order chi connectivity index (χ0) is 18.0. The number of carbonyl (C=O) groups excluding carboxylic acids is 1. The molecule has 5 nitrogen and oxygen atoms in total. The average Bonchev–Trinajstić information content (AvgIpc) is 2.61. The zero-order valence-corrected chi connectivity index (χ0v) is 14.7. The van der Waals surface area contributed by atoms with Gasteiger partial charge >= 0.3 is 5.63 Å². The average molecular weight is 357 g/mol. The van der Waals surface area contributed by atoms with Gasteiger partial charge in [-0.2, -0.15) is 0 Å². The van der Waals surface area contributed by atoms with Crippen molar-refractivity contribution in [3.05, 3.63) is 74.9 Å². The van der Waals surface area contributed by atoms with Crippen LogP contribution >= 0.6 is 11.6 Å². The van der Waals surface area contributed by atoms with Crippen LogP contribution in [0.25, 0.3) is 11.0 Å². The summed E-state index contributed by atoms with van der Waals surface area (Å²) in [7, 11) is 1.62. The molecule has 0 saturated heterocycles. The van der Waals surface area contributed by atoms with Gasteiger partial charge < -0.3 is 9.32 Å². The Balaban J connectivity index is 1.87. The van der Waals surface area contributed by atoms with E-state index in [0.717, 1.165) is 17.7 Å². The van der Waals surface area contributed by atoms with Gasteiger partial charge in [-0.15, -0.1) is 0 Å². The fraction of sp³-hybridized carbons (Fsp3) is 0.211. The number of halogens is 1. The van der Waals surface area contributed by atoms with Gasteiger partial charge in [0.05, 0.1) is 12.2 Å². The van der Waals surface area contributed by atoms with E-state index in [1.165, 1.54) is 11.0 Å². The number of carbonyl (C=O) groups is 1. The van der Waals surface area contributed by atoms with E-state index in [0.29, 0.717) is 22.5 Å². The molecular weight excluding hydrogens is 340 g/mol. The maximum absolute atomic E-state index is 12.6. The summed E-state index contributed by atoms with van der Waals surface area (Å²) in [5.74, 6) is -0.419. The minimum absolute atomic E-state index is 0.0255. The molecule has 0 atom stereocenters. The number of aromatic nitrogens is 1. The van der Waals surface area contributed by atoms with E-state index in [9.17, 15) is 9.59 Å². The Morgan fingerprint density at radius 1 is 1.24 bits per heavy atom. The predicted molar refractivity (Wildman–Crippen MR) is 96.9 cm³/mol. The minimum Gasteiger partial charge on any atom is -0.422 e. The van der Waals surface area contributed by atoms with Crippen LogP contribution < -0.4 is 5.63 Å². The van der Waals surface area contributed by atoms with Crippen LogP contribution in [0, 0.1) is 0 Å². The molecule has 0 fully saturated rings. The van der Waals surface area contributed by atoms with Gasteiger partial charge in [0.25, 0.3) is 5.91 Å². The van der Waals surface area contributed by atoms with Crippen molar-refractivity contribution in [3.8, 4) is 0 Å².